The number of carbonyl (C=O) groups is 1. The van der Waals surface area contributed by atoms with Crippen molar-refractivity contribution in [3.8, 4) is 23.0 Å². The summed E-state index contributed by atoms with van der Waals surface area (Å²) in [6.45, 7) is 0. The number of hydrogen-bond donors (Lipinski definition) is 2. The Morgan fingerprint density at radius 3 is 2.04 bits per heavy atom. The molecule has 0 atom stereocenters. The highest BCUT2D eigenvalue weighted by Crippen LogP contribution is 2.49. The van der Waals surface area contributed by atoms with Gasteiger partial charge in [-0.15, -0.1) is 0 Å². The quantitative estimate of drug-likeness (QED) is 0.532. The summed E-state index contributed by atoms with van der Waals surface area (Å²) in [5.74, 6) is 0.387. The molecule has 2 N–H and O–H groups in total. The fourth-order valence-electron chi connectivity index (χ4n) is 3.37. The monoisotopic (exact) mass is 348 g/mol. The first-order valence-corrected chi connectivity index (χ1v) is 8.09. The number of esters is 1. The largest absolute Gasteiger partial charge is 0.508 e. The molecule has 0 aromatic heterocycles. The van der Waals surface area contributed by atoms with Crippen LogP contribution < -0.4 is 4.74 Å². The van der Waals surface area contributed by atoms with E-state index < -0.39 is 5.97 Å². The van der Waals surface area contributed by atoms with Crippen molar-refractivity contribution in [2.45, 2.75) is 5.92 Å². The van der Waals surface area contributed by atoms with Gasteiger partial charge < -0.3 is 19.7 Å². The molecule has 1 heterocycles. The molecule has 0 radical (unpaired) electrons. The van der Waals surface area contributed by atoms with Gasteiger partial charge in [0.1, 0.15) is 23.0 Å². The molecule has 0 saturated heterocycles. The van der Waals surface area contributed by atoms with Crippen molar-refractivity contribution < 1.29 is 24.5 Å². The Balaban J connectivity index is 1.99. The Hall–Kier alpha value is -3.47. The third kappa shape index (κ3) is 2.54. The standard InChI is InChI=1S/C21H16O5/c1-25-21(24)15-5-3-2-4-14(15)20-16-8-6-12(22)10-18(16)26-19-11-13(23)7-9-17(19)20/h2-11,20,22-23H,1H3. The predicted octanol–water partition coefficient (Wildman–Crippen LogP) is 4.17. The molecular formula is C21H16O5. The summed E-state index contributed by atoms with van der Waals surface area (Å²) in [6, 6.07) is 17.0. The Morgan fingerprint density at radius 2 is 1.46 bits per heavy atom. The zero-order chi connectivity index (χ0) is 18.3. The van der Waals surface area contributed by atoms with Gasteiger partial charge in [-0.05, 0) is 23.8 Å². The molecule has 0 saturated carbocycles. The summed E-state index contributed by atoms with van der Waals surface area (Å²) in [5.41, 5.74) is 2.86. The molecule has 26 heavy (non-hydrogen) atoms. The molecule has 130 valence electrons. The van der Waals surface area contributed by atoms with E-state index in [1.165, 1.54) is 19.2 Å². The molecule has 0 unspecified atom stereocenters. The smallest absolute Gasteiger partial charge is 0.338 e. The van der Waals surface area contributed by atoms with Crippen LogP contribution >= 0.6 is 0 Å². The average molecular weight is 348 g/mol. The van der Waals surface area contributed by atoms with E-state index in [0.29, 0.717) is 17.1 Å². The lowest BCUT2D eigenvalue weighted by molar-refractivity contribution is 0.0599. The van der Waals surface area contributed by atoms with Gasteiger partial charge in [0.2, 0.25) is 0 Å². The van der Waals surface area contributed by atoms with Gasteiger partial charge in [0, 0.05) is 29.2 Å². The van der Waals surface area contributed by atoms with Crippen LogP contribution in [0.25, 0.3) is 0 Å². The van der Waals surface area contributed by atoms with Gasteiger partial charge in [0.05, 0.1) is 12.7 Å². The van der Waals surface area contributed by atoms with Gasteiger partial charge >= 0.3 is 5.97 Å². The number of carbonyl (C=O) groups excluding carboxylic acids is 1. The second kappa shape index (κ2) is 6.11. The zero-order valence-electron chi connectivity index (χ0n) is 14.0. The minimum Gasteiger partial charge on any atom is -0.508 e. The number of aromatic hydroxyl groups is 2. The fraction of sp³-hybridized carbons (Fsp3) is 0.0952. The number of phenolic OH excluding ortho intramolecular Hbond substituents is 2. The molecular weight excluding hydrogens is 332 g/mol. The van der Waals surface area contributed by atoms with Gasteiger partial charge in [-0.2, -0.15) is 0 Å². The van der Waals surface area contributed by atoms with Crippen LogP contribution in [0, 0.1) is 0 Å². The molecule has 0 aliphatic carbocycles. The molecule has 0 amide bonds. The maximum absolute atomic E-state index is 12.3. The van der Waals surface area contributed by atoms with Crippen molar-refractivity contribution >= 4 is 5.97 Å². The zero-order valence-corrected chi connectivity index (χ0v) is 14.0. The van der Waals surface area contributed by atoms with Crippen LogP contribution in [0.1, 0.15) is 33.0 Å². The van der Waals surface area contributed by atoms with Gasteiger partial charge in [-0.25, -0.2) is 4.79 Å². The number of rotatable bonds is 2. The SMILES string of the molecule is COC(=O)c1ccccc1C1c2ccc(O)cc2Oc2cc(O)ccc21. The molecule has 0 spiro atoms. The first-order chi connectivity index (χ1) is 12.6. The topological polar surface area (TPSA) is 76.0 Å². The first-order valence-electron chi connectivity index (χ1n) is 8.09. The van der Waals surface area contributed by atoms with E-state index in [1.54, 1.807) is 36.4 Å². The maximum atomic E-state index is 12.3. The second-order valence-electron chi connectivity index (χ2n) is 6.06. The van der Waals surface area contributed by atoms with E-state index in [4.69, 9.17) is 9.47 Å². The Labute approximate surface area is 150 Å². The Morgan fingerprint density at radius 1 is 0.885 bits per heavy atom. The summed E-state index contributed by atoms with van der Waals surface area (Å²) in [4.78, 5) is 12.3. The highest BCUT2D eigenvalue weighted by atomic mass is 16.5. The van der Waals surface area contributed by atoms with Gasteiger partial charge in [0.15, 0.2) is 0 Å². The first kappa shape index (κ1) is 16.0. The van der Waals surface area contributed by atoms with Crippen LogP contribution in [0.2, 0.25) is 0 Å². The molecule has 1 aliphatic rings. The maximum Gasteiger partial charge on any atom is 0.338 e. The van der Waals surface area contributed by atoms with Crippen molar-refractivity contribution in [1.82, 2.24) is 0 Å². The molecule has 4 rings (SSSR count). The van der Waals surface area contributed by atoms with Crippen molar-refractivity contribution in [1.29, 1.82) is 0 Å². The Bertz CT molecular complexity index is 958. The van der Waals surface area contributed by atoms with Gasteiger partial charge in [0.25, 0.3) is 0 Å². The molecule has 0 fully saturated rings. The molecule has 3 aromatic rings. The van der Waals surface area contributed by atoms with E-state index >= 15 is 0 Å². The van der Waals surface area contributed by atoms with Gasteiger partial charge in [-0.3, -0.25) is 0 Å². The van der Waals surface area contributed by atoms with Crippen molar-refractivity contribution in [3.05, 3.63) is 82.9 Å². The Kier molecular flexibility index (Phi) is 3.77. The highest BCUT2D eigenvalue weighted by molar-refractivity contribution is 5.92. The summed E-state index contributed by atoms with van der Waals surface area (Å²) in [5, 5.41) is 19.7. The third-order valence-corrected chi connectivity index (χ3v) is 4.51. The number of fused-ring (bicyclic) bond motifs is 2. The molecule has 5 heteroatoms. The van der Waals surface area contributed by atoms with Crippen molar-refractivity contribution in [2.24, 2.45) is 0 Å². The van der Waals surface area contributed by atoms with E-state index in [0.717, 1.165) is 16.7 Å². The lowest BCUT2D eigenvalue weighted by atomic mass is 9.80. The number of phenols is 2. The van der Waals surface area contributed by atoms with Crippen LogP contribution in [0.4, 0.5) is 0 Å². The molecule has 3 aromatic carbocycles. The fourth-order valence-corrected chi connectivity index (χ4v) is 3.37. The third-order valence-electron chi connectivity index (χ3n) is 4.51. The lowest BCUT2D eigenvalue weighted by Crippen LogP contribution is -2.15. The number of methoxy groups -OCH3 is 1. The molecule has 5 nitrogen and oxygen atoms in total. The number of ether oxygens (including phenoxy) is 2. The van der Waals surface area contributed by atoms with Crippen LogP contribution in [-0.2, 0) is 4.74 Å². The lowest BCUT2D eigenvalue weighted by Gasteiger charge is -2.29. The van der Waals surface area contributed by atoms with Crippen LogP contribution in [-0.4, -0.2) is 23.3 Å². The van der Waals surface area contributed by atoms with Crippen LogP contribution in [0.5, 0.6) is 23.0 Å². The average Bonchev–Trinajstić information content (AvgIpc) is 2.65. The summed E-state index contributed by atoms with van der Waals surface area (Å²) < 4.78 is 10.8. The summed E-state index contributed by atoms with van der Waals surface area (Å²) >= 11 is 0. The molecule has 1 aliphatic heterocycles. The second-order valence-corrected chi connectivity index (χ2v) is 6.06. The van der Waals surface area contributed by atoms with Gasteiger partial charge in [-0.1, -0.05) is 30.3 Å². The number of benzene rings is 3. The minimum atomic E-state index is -0.423. The van der Waals surface area contributed by atoms with E-state index in [2.05, 4.69) is 0 Å². The van der Waals surface area contributed by atoms with Crippen molar-refractivity contribution in [3.63, 3.8) is 0 Å². The predicted molar refractivity (Wildman–Crippen MR) is 95.0 cm³/mol. The summed E-state index contributed by atoms with van der Waals surface area (Å²) in [6.07, 6.45) is 0. The van der Waals surface area contributed by atoms with Crippen molar-refractivity contribution in [2.75, 3.05) is 7.11 Å². The normalized spacial score (nSPS) is 12.7. The number of hydrogen-bond acceptors (Lipinski definition) is 5. The molecule has 0 bridgehead atoms. The van der Waals surface area contributed by atoms with Crippen LogP contribution in [0.15, 0.2) is 60.7 Å². The highest BCUT2D eigenvalue weighted by Gasteiger charge is 2.31. The van der Waals surface area contributed by atoms with E-state index in [-0.39, 0.29) is 17.4 Å². The van der Waals surface area contributed by atoms with Crippen LogP contribution in [0.3, 0.4) is 0 Å². The van der Waals surface area contributed by atoms with E-state index in [1.807, 2.05) is 12.1 Å². The van der Waals surface area contributed by atoms with E-state index in [9.17, 15) is 15.0 Å². The minimum absolute atomic E-state index is 0.0763. The summed E-state index contributed by atoms with van der Waals surface area (Å²) in [7, 11) is 1.35.